The number of thioether (sulfide) groups is 1. The summed E-state index contributed by atoms with van der Waals surface area (Å²) in [7, 11) is 0. The first kappa shape index (κ1) is 9.23. The predicted molar refractivity (Wildman–Crippen MR) is 43.2 cm³/mol. The van der Waals surface area contributed by atoms with Gasteiger partial charge in [0.05, 0.1) is 6.67 Å². The zero-order chi connectivity index (χ0) is 6.95. The molecule has 0 aromatic carbocycles. The van der Waals surface area contributed by atoms with Crippen molar-refractivity contribution in [2.75, 3.05) is 25.2 Å². The Morgan fingerprint density at radius 3 is 2.78 bits per heavy atom. The van der Waals surface area contributed by atoms with E-state index in [9.17, 15) is 0 Å². The SMILES string of the molecule is CSCCCNNCN. The van der Waals surface area contributed by atoms with Crippen molar-refractivity contribution in [2.24, 2.45) is 5.73 Å². The maximum absolute atomic E-state index is 5.16. The van der Waals surface area contributed by atoms with Crippen LogP contribution in [0.2, 0.25) is 0 Å². The van der Waals surface area contributed by atoms with Gasteiger partial charge in [-0.25, -0.2) is 5.43 Å². The molecule has 0 aromatic rings. The summed E-state index contributed by atoms with van der Waals surface area (Å²) in [6.07, 6.45) is 3.30. The Balaban J connectivity index is 2.60. The molecule has 0 heterocycles. The highest BCUT2D eigenvalue weighted by Crippen LogP contribution is 1.92. The molecular formula is C5H15N3S. The molecule has 4 N–H and O–H groups in total. The molecule has 4 heteroatoms. The number of nitrogens with two attached hydrogens (primary N) is 1. The molecule has 0 amide bonds. The molecule has 0 aliphatic carbocycles. The largest absolute Gasteiger partial charge is 0.317 e. The molecule has 0 aromatic heterocycles. The van der Waals surface area contributed by atoms with Crippen molar-refractivity contribution >= 4 is 11.8 Å². The second kappa shape index (κ2) is 8.23. The number of hydrazine groups is 1. The smallest absolute Gasteiger partial charge is 0.0564 e. The van der Waals surface area contributed by atoms with Gasteiger partial charge in [-0.15, -0.1) is 0 Å². The normalized spacial score (nSPS) is 10.0. The van der Waals surface area contributed by atoms with E-state index in [1.54, 1.807) is 0 Å². The monoisotopic (exact) mass is 149 g/mol. The van der Waals surface area contributed by atoms with E-state index in [4.69, 9.17) is 5.73 Å². The third-order valence-electron chi connectivity index (χ3n) is 0.877. The van der Waals surface area contributed by atoms with Crippen LogP contribution in [0.3, 0.4) is 0 Å². The molecule has 9 heavy (non-hydrogen) atoms. The van der Waals surface area contributed by atoms with Crippen LogP contribution in [-0.2, 0) is 0 Å². The minimum Gasteiger partial charge on any atom is -0.317 e. The fourth-order valence-electron chi connectivity index (χ4n) is 0.465. The molecule has 0 unspecified atom stereocenters. The van der Waals surface area contributed by atoms with Crippen molar-refractivity contribution in [3.63, 3.8) is 0 Å². The summed E-state index contributed by atoms with van der Waals surface area (Å²) in [6, 6.07) is 0. The Labute approximate surface area is 60.7 Å². The van der Waals surface area contributed by atoms with Crippen LogP contribution in [0.25, 0.3) is 0 Å². The van der Waals surface area contributed by atoms with Gasteiger partial charge in [0.2, 0.25) is 0 Å². The molecule has 0 fully saturated rings. The Bertz CT molecular complexity index is 45.5. The number of nitrogens with one attached hydrogen (secondary N) is 2. The van der Waals surface area contributed by atoms with Gasteiger partial charge in [-0.3, -0.25) is 5.43 Å². The minimum atomic E-state index is 0.499. The van der Waals surface area contributed by atoms with Crippen molar-refractivity contribution in [1.82, 2.24) is 10.9 Å². The lowest BCUT2D eigenvalue weighted by atomic mass is 10.5. The van der Waals surface area contributed by atoms with E-state index in [0.717, 1.165) is 6.54 Å². The number of rotatable bonds is 6. The van der Waals surface area contributed by atoms with Gasteiger partial charge in [0.1, 0.15) is 0 Å². The van der Waals surface area contributed by atoms with Crippen LogP contribution in [0, 0.1) is 0 Å². The summed E-state index contributed by atoms with van der Waals surface area (Å²) in [5.41, 5.74) is 11.0. The average Bonchev–Trinajstić information content (AvgIpc) is 1.89. The molecule has 56 valence electrons. The van der Waals surface area contributed by atoms with Gasteiger partial charge in [0.15, 0.2) is 0 Å². The molecule has 0 saturated carbocycles. The van der Waals surface area contributed by atoms with Crippen molar-refractivity contribution in [3.05, 3.63) is 0 Å². The van der Waals surface area contributed by atoms with Crippen LogP contribution in [0.5, 0.6) is 0 Å². The summed E-state index contributed by atoms with van der Waals surface area (Å²) in [5, 5.41) is 0. The third kappa shape index (κ3) is 8.23. The molecule has 3 nitrogen and oxygen atoms in total. The van der Waals surface area contributed by atoms with Gasteiger partial charge in [-0.2, -0.15) is 11.8 Å². The minimum absolute atomic E-state index is 0.499. The molecule has 0 saturated heterocycles. The standard InChI is InChI=1S/C5H15N3S/c1-9-4-2-3-7-8-5-6/h7-8H,2-6H2,1H3. The Hall–Kier alpha value is 0.230. The summed E-state index contributed by atoms with van der Waals surface area (Å²) >= 11 is 1.86. The zero-order valence-corrected chi connectivity index (χ0v) is 6.63. The van der Waals surface area contributed by atoms with Gasteiger partial charge in [-0.05, 0) is 18.4 Å². The van der Waals surface area contributed by atoms with E-state index in [1.165, 1.54) is 12.2 Å². The van der Waals surface area contributed by atoms with Gasteiger partial charge in [-0.1, -0.05) is 0 Å². The Morgan fingerprint density at radius 1 is 1.44 bits per heavy atom. The molecular weight excluding hydrogens is 134 g/mol. The zero-order valence-electron chi connectivity index (χ0n) is 5.81. The number of hydrogen-bond donors (Lipinski definition) is 3. The van der Waals surface area contributed by atoms with Crippen molar-refractivity contribution in [2.45, 2.75) is 6.42 Å². The highest BCUT2D eigenvalue weighted by Gasteiger charge is 1.82. The third-order valence-corrected chi connectivity index (χ3v) is 1.57. The first-order valence-corrected chi connectivity index (χ1v) is 4.46. The second-order valence-electron chi connectivity index (χ2n) is 1.65. The van der Waals surface area contributed by atoms with E-state index in [0.29, 0.717) is 6.67 Å². The summed E-state index contributed by atoms with van der Waals surface area (Å²) in [4.78, 5) is 0. The van der Waals surface area contributed by atoms with Crippen molar-refractivity contribution in [1.29, 1.82) is 0 Å². The molecule has 0 rings (SSSR count). The van der Waals surface area contributed by atoms with Crippen molar-refractivity contribution in [3.8, 4) is 0 Å². The summed E-state index contributed by atoms with van der Waals surface area (Å²) in [6.45, 7) is 1.50. The fraction of sp³-hybridized carbons (Fsp3) is 1.00. The van der Waals surface area contributed by atoms with E-state index < -0.39 is 0 Å². The fourth-order valence-corrected chi connectivity index (χ4v) is 0.898. The lowest BCUT2D eigenvalue weighted by Gasteiger charge is -2.01. The van der Waals surface area contributed by atoms with Gasteiger partial charge in [0, 0.05) is 6.54 Å². The van der Waals surface area contributed by atoms with Crippen molar-refractivity contribution < 1.29 is 0 Å². The first-order chi connectivity index (χ1) is 4.41. The van der Waals surface area contributed by atoms with Crippen LogP contribution in [0.1, 0.15) is 6.42 Å². The average molecular weight is 149 g/mol. The van der Waals surface area contributed by atoms with Crippen LogP contribution < -0.4 is 16.6 Å². The molecule has 0 spiro atoms. The molecule has 0 aliphatic heterocycles. The quantitative estimate of drug-likeness (QED) is 0.277. The Morgan fingerprint density at radius 2 is 2.22 bits per heavy atom. The molecule has 0 atom stereocenters. The molecule has 0 aliphatic rings. The lowest BCUT2D eigenvalue weighted by Crippen LogP contribution is -2.37. The van der Waals surface area contributed by atoms with E-state index in [2.05, 4.69) is 17.1 Å². The van der Waals surface area contributed by atoms with E-state index in [-0.39, 0.29) is 0 Å². The molecule has 0 bridgehead atoms. The van der Waals surface area contributed by atoms with Crippen LogP contribution in [0.4, 0.5) is 0 Å². The maximum Gasteiger partial charge on any atom is 0.0564 e. The summed E-state index contributed by atoms with van der Waals surface area (Å²) < 4.78 is 0. The van der Waals surface area contributed by atoms with Crippen LogP contribution >= 0.6 is 11.8 Å². The topological polar surface area (TPSA) is 50.1 Å². The predicted octanol–water partition coefficient (Wildman–Crippen LogP) is -0.250. The van der Waals surface area contributed by atoms with Gasteiger partial charge < -0.3 is 5.73 Å². The van der Waals surface area contributed by atoms with E-state index >= 15 is 0 Å². The van der Waals surface area contributed by atoms with Gasteiger partial charge in [0.25, 0.3) is 0 Å². The second-order valence-corrected chi connectivity index (χ2v) is 2.64. The maximum atomic E-state index is 5.16. The van der Waals surface area contributed by atoms with E-state index in [1.807, 2.05) is 11.8 Å². The Kier molecular flexibility index (Phi) is 8.44. The summed E-state index contributed by atoms with van der Waals surface area (Å²) in [5.74, 6) is 1.21. The molecule has 0 radical (unpaired) electrons. The lowest BCUT2D eigenvalue weighted by molar-refractivity contribution is 0.541. The highest BCUT2D eigenvalue weighted by atomic mass is 32.2. The highest BCUT2D eigenvalue weighted by molar-refractivity contribution is 7.98. The first-order valence-electron chi connectivity index (χ1n) is 3.06. The van der Waals surface area contributed by atoms with Gasteiger partial charge >= 0.3 is 0 Å². The van der Waals surface area contributed by atoms with Crippen LogP contribution in [0.15, 0.2) is 0 Å². The number of hydrogen-bond acceptors (Lipinski definition) is 4. The van der Waals surface area contributed by atoms with Crippen LogP contribution in [-0.4, -0.2) is 25.2 Å².